The molecule has 18 heavy (non-hydrogen) atoms. The van der Waals surface area contributed by atoms with Crippen LogP contribution < -0.4 is 4.90 Å². The van der Waals surface area contributed by atoms with E-state index in [2.05, 4.69) is 34.7 Å². The second-order valence-corrected chi connectivity index (χ2v) is 6.48. The highest BCUT2D eigenvalue weighted by molar-refractivity contribution is 9.10. The Kier molecular flexibility index (Phi) is 3.66. The number of rotatable bonds is 2. The van der Waals surface area contributed by atoms with Crippen molar-refractivity contribution in [1.29, 1.82) is 0 Å². The summed E-state index contributed by atoms with van der Waals surface area (Å²) in [5.41, 5.74) is 1.84. The summed E-state index contributed by atoms with van der Waals surface area (Å²) < 4.78 is 0.863. The zero-order valence-electron chi connectivity index (χ0n) is 10.7. The largest absolute Gasteiger partial charge is 0.478 e. The van der Waals surface area contributed by atoms with Gasteiger partial charge >= 0.3 is 5.97 Å². The van der Waals surface area contributed by atoms with Gasteiger partial charge in [-0.2, -0.15) is 0 Å². The SMILES string of the molecule is CC1(C)CCN(c2ccc(C(=O)O)cc2Br)CC1. The van der Waals surface area contributed by atoms with Crippen LogP contribution in [0.1, 0.15) is 37.0 Å². The van der Waals surface area contributed by atoms with E-state index < -0.39 is 5.97 Å². The number of aromatic carboxylic acids is 1. The average molecular weight is 312 g/mol. The lowest BCUT2D eigenvalue weighted by Crippen LogP contribution is -2.37. The van der Waals surface area contributed by atoms with Gasteiger partial charge in [-0.15, -0.1) is 0 Å². The summed E-state index contributed by atoms with van der Waals surface area (Å²) in [6.07, 6.45) is 2.33. The molecule has 1 heterocycles. The number of hydrogen-bond acceptors (Lipinski definition) is 2. The van der Waals surface area contributed by atoms with Crippen LogP contribution >= 0.6 is 15.9 Å². The number of carbonyl (C=O) groups is 1. The van der Waals surface area contributed by atoms with Crippen LogP contribution in [0.2, 0.25) is 0 Å². The van der Waals surface area contributed by atoms with E-state index in [1.54, 1.807) is 12.1 Å². The van der Waals surface area contributed by atoms with Crippen LogP contribution in [0.3, 0.4) is 0 Å². The molecule has 0 aromatic heterocycles. The monoisotopic (exact) mass is 311 g/mol. The quantitative estimate of drug-likeness (QED) is 0.903. The highest BCUT2D eigenvalue weighted by atomic mass is 79.9. The van der Waals surface area contributed by atoms with Crippen molar-refractivity contribution in [3.63, 3.8) is 0 Å². The maximum absolute atomic E-state index is 10.9. The van der Waals surface area contributed by atoms with Gasteiger partial charge in [-0.05, 0) is 52.4 Å². The van der Waals surface area contributed by atoms with Crippen LogP contribution in [0.5, 0.6) is 0 Å². The summed E-state index contributed by atoms with van der Waals surface area (Å²) in [6, 6.07) is 5.24. The first-order valence-electron chi connectivity index (χ1n) is 6.17. The first-order chi connectivity index (χ1) is 8.39. The van der Waals surface area contributed by atoms with Gasteiger partial charge in [-0.25, -0.2) is 4.79 Å². The van der Waals surface area contributed by atoms with E-state index >= 15 is 0 Å². The third-order valence-corrected chi connectivity index (χ3v) is 4.29. The fourth-order valence-corrected chi connectivity index (χ4v) is 2.88. The minimum atomic E-state index is -0.887. The van der Waals surface area contributed by atoms with Crippen LogP contribution in [0, 0.1) is 5.41 Å². The van der Waals surface area contributed by atoms with Crippen LogP contribution in [0.15, 0.2) is 22.7 Å². The van der Waals surface area contributed by atoms with Gasteiger partial charge in [0.2, 0.25) is 0 Å². The van der Waals surface area contributed by atoms with Gasteiger partial charge < -0.3 is 10.0 Å². The number of hydrogen-bond donors (Lipinski definition) is 1. The number of carboxylic acid groups (broad SMARTS) is 1. The number of halogens is 1. The van der Waals surface area contributed by atoms with Crippen LogP contribution in [-0.2, 0) is 0 Å². The summed E-state index contributed by atoms with van der Waals surface area (Å²) in [6.45, 7) is 6.65. The molecule has 0 radical (unpaired) electrons. The Morgan fingerprint density at radius 2 is 1.94 bits per heavy atom. The minimum Gasteiger partial charge on any atom is -0.478 e. The van der Waals surface area contributed by atoms with Crippen molar-refractivity contribution in [2.75, 3.05) is 18.0 Å². The van der Waals surface area contributed by atoms with Crippen molar-refractivity contribution in [2.45, 2.75) is 26.7 Å². The summed E-state index contributed by atoms with van der Waals surface area (Å²) in [4.78, 5) is 13.2. The van der Waals surface area contributed by atoms with Crippen molar-refractivity contribution < 1.29 is 9.90 Å². The highest BCUT2D eigenvalue weighted by Gasteiger charge is 2.26. The predicted octanol–water partition coefficient (Wildman–Crippen LogP) is 3.77. The molecule has 0 bridgehead atoms. The average Bonchev–Trinajstić information content (AvgIpc) is 2.29. The molecule has 0 aliphatic carbocycles. The van der Waals surface area contributed by atoms with E-state index in [0.29, 0.717) is 11.0 Å². The third-order valence-electron chi connectivity index (χ3n) is 3.65. The Morgan fingerprint density at radius 3 is 2.44 bits per heavy atom. The van der Waals surface area contributed by atoms with Gasteiger partial charge in [-0.1, -0.05) is 13.8 Å². The second kappa shape index (κ2) is 4.92. The number of piperidine rings is 1. The molecule has 1 fully saturated rings. The third kappa shape index (κ3) is 2.86. The zero-order chi connectivity index (χ0) is 13.3. The molecule has 0 spiro atoms. The van der Waals surface area contributed by atoms with Gasteiger partial charge in [0.25, 0.3) is 0 Å². The molecule has 4 heteroatoms. The maximum Gasteiger partial charge on any atom is 0.335 e. The molecule has 2 rings (SSSR count). The number of carboxylic acids is 1. The molecular formula is C14H18BrNO2. The Labute approximate surface area is 116 Å². The molecule has 1 saturated heterocycles. The maximum atomic E-state index is 10.9. The van der Waals surface area contributed by atoms with Crippen LogP contribution in [0.25, 0.3) is 0 Å². The summed E-state index contributed by atoms with van der Waals surface area (Å²) in [5.74, 6) is -0.887. The predicted molar refractivity (Wildman–Crippen MR) is 76.3 cm³/mol. The molecule has 3 nitrogen and oxygen atoms in total. The van der Waals surface area contributed by atoms with Gasteiger partial charge in [-0.3, -0.25) is 0 Å². The molecular weight excluding hydrogens is 294 g/mol. The lowest BCUT2D eigenvalue weighted by atomic mass is 9.82. The van der Waals surface area contributed by atoms with E-state index in [-0.39, 0.29) is 0 Å². The van der Waals surface area contributed by atoms with Gasteiger partial charge in [0.1, 0.15) is 0 Å². The van der Waals surface area contributed by atoms with E-state index in [0.717, 1.165) is 23.2 Å². The smallest absolute Gasteiger partial charge is 0.335 e. The zero-order valence-corrected chi connectivity index (χ0v) is 12.3. The van der Waals surface area contributed by atoms with Crippen molar-refractivity contribution in [1.82, 2.24) is 0 Å². The molecule has 0 atom stereocenters. The summed E-state index contributed by atoms with van der Waals surface area (Å²) in [5, 5.41) is 8.94. The van der Waals surface area contributed by atoms with Crippen molar-refractivity contribution >= 4 is 27.6 Å². The molecule has 98 valence electrons. The standard InChI is InChI=1S/C14H18BrNO2/c1-14(2)5-7-16(8-6-14)12-4-3-10(13(17)18)9-11(12)15/h3-4,9H,5-8H2,1-2H3,(H,17,18). The Bertz CT molecular complexity index is 461. The molecule has 1 aliphatic rings. The van der Waals surface area contributed by atoms with Crippen molar-refractivity contribution in [2.24, 2.45) is 5.41 Å². The molecule has 0 saturated carbocycles. The normalized spacial score (nSPS) is 18.7. The summed E-state index contributed by atoms with van der Waals surface area (Å²) >= 11 is 3.47. The van der Waals surface area contributed by atoms with E-state index in [4.69, 9.17) is 5.11 Å². The summed E-state index contributed by atoms with van der Waals surface area (Å²) in [7, 11) is 0. The second-order valence-electron chi connectivity index (χ2n) is 5.62. The fourth-order valence-electron chi connectivity index (χ4n) is 2.25. The number of nitrogens with zero attached hydrogens (tertiary/aromatic N) is 1. The minimum absolute atomic E-state index is 0.322. The van der Waals surface area contributed by atoms with Gasteiger partial charge in [0.05, 0.1) is 11.3 Å². The van der Waals surface area contributed by atoms with Gasteiger partial charge in [0.15, 0.2) is 0 Å². The highest BCUT2D eigenvalue weighted by Crippen LogP contribution is 2.35. The molecule has 0 amide bonds. The molecule has 0 unspecified atom stereocenters. The lowest BCUT2D eigenvalue weighted by Gasteiger charge is -2.38. The molecule has 1 N–H and O–H groups in total. The first kappa shape index (κ1) is 13.4. The molecule has 1 aromatic carbocycles. The van der Waals surface area contributed by atoms with E-state index in [9.17, 15) is 4.79 Å². The number of anilines is 1. The van der Waals surface area contributed by atoms with Crippen LogP contribution in [-0.4, -0.2) is 24.2 Å². The first-order valence-corrected chi connectivity index (χ1v) is 6.96. The van der Waals surface area contributed by atoms with E-state index in [1.807, 2.05) is 6.07 Å². The number of benzene rings is 1. The lowest BCUT2D eigenvalue weighted by molar-refractivity contribution is 0.0697. The molecule has 1 aliphatic heterocycles. The van der Waals surface area contributed by atoms with Gasteiger partial charge in [0, 0.05) is 17.6 Å². The fraction of sp³-hybridized carbons (Fsp3) is 0.500. The Hall–Kier alpha value is -1.03. The van der Waals surface area contributed by atoms with Crippen molar-refractivity contribution in [3.05, 3.63) is 28.2 Å². The van der Waals surface area contributed by atoms with Crippen LogP contribution in [0.4, 0.5) is 5.69 Å². The topological polar surface area (TPSA) is 40.5 Å². The van der Waals surface area contributed by atoms with E-state index in [1.165, 1.54) is 12.8 Å². The Morgan fingerprint density at radius 1 is 1.33 bits per heavy atom. The molecule has 1 aromatic rings. The Balaban J connectivity index is 2.17. The van der Waals surface area contributed by atoms with Crippen molar-refractivity contribution in [3.8, 4) is 0 Å².